The number of nitrogens with zero attached hydrogens (tertiary/aromatic N) is 7. The van der Waals surface area contributed by atoms with Crippen LogP contribution in [0.2, 0.25) is 0 Å². The summed E-state index contributed by atoms with van der Waals surface area (Å²) in [7, 11) is 1.88. The summed E-state index contributed by atoms with van der Waals surface area (Å²) in [5, 5.41) is 15.6. The summed E-state index contributed by atoms with van der Waals surface area (Å²) in [5.74, 6) is 1.34. The van der Waals surface area contributed by atoms with E-state index in [4.69, 9.17) is 9.72 Å². The van der Waals surface area contributed by atoms with Crippen LogP contribution in [0.25, 0.3) is 5.52 Å². The second-order valence-corrected chi connectivity index (χ2v) is 7.83. The number of anilines is 3. The lowest BCUT2D eigenvalue weighted by Gasteiger charge is -2.39. The van der Waals surface area contributed by atoms with Crippen LogP contribution >= 0.6 is 0 Å². The monoisotopic (exact) mass is 397 g/mol. The molecule has 2 aliphatic rings. The number of rotatable bonds is 5. The zero-order valence-electron chi connectivity index (χ0n) is 16.7. The first kappa shape index (κ1) is 18.3. The number of hydrogen-bond donors (Lipinski definition) is 2. The average Bonchev–Trinajstić information content (AvgIpc) is 3.38. The Morgan fingerprint density at radius 2 is 1.93 bits per heavy atom. The van der Waals surface area contributed by atoms with Crippen LogP contribution in [-0.4, -0.2) is 72.6 Å². The van der Waals surface area contributed by atoms with E-state index in [9.17, 15) is 0 Å². The van der Waals surface area contributed by atoms with Gasteiger partial charge in [-0.2, -0.15) is 10.1 Å². The highest BCUT2D eigenvalue weighted by Gasteiger charge is 2.27. The third kappa shape index (κ3) is 4.03. The Labute approximate surface area is 169 Å². The lowest BCUT2D eigenvalue weighted by Crippen LogP contribution is -2.46. The van der Waals surface area contributed by atoms with E-state index in [2.05, 4.69) is 30.7 Å². The number of fused-ring (bicyclic) bond motifs is 1. The van der Waals surface area contributed by atoms with Crippen LogP contribution in [0.5, 0.6) is 0 Å². The largest absolute Gasteiger partial charge is 0.379 e. The Kier molecular flexibility index (Phi) is 5.03. The Morgan fingerprint density at radius 1 is 1.10 bits per heavy atom. The van der Waals surface area contributed by atoms with Crippen molar-refractivity contribution < 1.29 is 4.74 Å². The minimum Gasteiger partial charge on any atom is -0.379 e. The van der Waals surface area contributed by atoms with Gasteiger partial charge in [0.25, 0.3) is 0 Å². The number of morpholine rings is 1. The van der Waals surface area contributed by atoms with E-state index in [-0.39, 0.29) is 0 Å². The Bertz CT molecular complexity index is 954. The number of hydrogen-bond acceptors (Lipinski definition) is 8. The summed E-state index contributed by atoms with van der Waals surface area (Å²) in [6, 6.07) is 1.09. The molecule has 2 N–H and O–H groups in total. The topological polar surface area (TPSA) is 97.4 Å². The molecule has 3 aromatic heterocycles. The summed E-state index contributed by atoms with van der Waals surface area (Å²) in [4.78, 5) is 11.6. The molecule has 5 rings (SSSR count). The number of nitrogens with one attached hydrogen (secondary N) is 2. The van der Waals surface area contributed by atoms with E-state index in [1.807, 2.05) is 13.2 Å². The fourth-order valence-electron chi connectivity index (χ4n) is 4.32. The molecule has 0 unspecified atom stereocenters. The van der Waals surface area contributed by atoms with Crippen LogP contribution in [0.1, 0.15) is 25.7 Å². The van der Waals surface area contributed by atoms with Crippen molar-refractivity contribution in [1.82, 2.24) is 34.3 Å². The highest BCUT2D eigenvalue weighted by molar-refractivity contribution is 5.68. The summed E-state index contributed by atoms with van der Waals surface area (Å²) >= 11 is 0. The first-order valence-corrected chi connectivity index (χ1v) is 10.3. The van der Waals surface area contributed by atoms with E-state index < -0.39 is 0 Å². The van der Waals surface area contributed by atoms with Crippen molar-refractivity contribution in [2.45, 2.75) is 37.8 Å². The minimum atomic E-state index is 0.409. The first-order chi connectivity index (χ1) is 14.2. The molecule has 0 radical (unpaired) electrons. The van der Waals surface area contributed by atoms with Crippen molar-refractivity contribution >= 4 is 23.0 Å². The Balaban J connectivity index is 1.28. The SMILES string of the molecule is Cn1cc(Nc2nc(NC3CCC(N4CCOCC4)CC3)c3cncn3n2)cn1. The van der Waals surface area contributed by atoms with Crippen LogP contribution in [0, 0.1) is 0 Å². The molecule has 1 saturated carbocycles. The Morgan fingerprint density at radius 3 is 2.69 bits per heavy atom. The van der Waals surface area contributed by atoms with Crippen LogP contribution < -0.4 is 10.6 Å². The van der Waals surface area contributed by atoms with Gasteiger partial charge < -0.3 is 15.4 Å². The zero-order valence-corrected chi connectivity index (χ0v) is 16.7. The van der Waals surface area contributed by atoms with Crippen LogP contribution in [-0.2, 0) is 11.8 Å². The van der Waals surface area contributed by atoms with Crippen LogP contribution in [0.3, 0.4) is 0 Å². The van der Waals surface area contributed by atoms with E-state index >= 15 is 0 Å². The molecule has 0 aromatic carbocycles. The molecular formula is C19H27N9O. The average molecular weight is 397 g/mol. The Hall–Kier alpha value is -2.72. The molecule has 0 atom stereocenters. The maximum atomic E-state index is 5.49. The van der Waals surface area contributed by atoms with Crippen molar-refractivity contribution in [1.29, 1.82) is 0 Å². The molecule has 0 spiro atoms. The van der Waals surface area contributed by atoms with Crippen molar-refractivity contribution in [3.8, 4) is 0 Å². The number of ether oxygens (including phenoxy) is 1. The zero-order chi connectivity index (χ0) is 19.6. The van der Waals surface area contributed by atoms with E-state index in [1.165, 1.54) is 12.8 Å². The van der Waals surface area contributed by atoms with Gasteiger partial charge in [0, 0.05) is 38.4 Å². The van der Waals surface area contributed by atoms with Gasteiger partial charge in [0.05, 0.1) is 31.3 Å². The predicted molar refractivity (Wildman–Crippen MR) is 109 cm³/mol. The van der Waals surface area contributed by atoms with Crippen LogP contribution in [0.4, 0.5) is 17.5 Å². The van der Waals surface area contributed by atoms with Crippen molar-refractivity contribution in [3.05, 3.63) is 24.9 Å². The first-order valence-electron chi connectivity index (χ1n) is 10.3. The molecule has 10 nitrogen and oxygen atoms in total. The van der Waals surface area contributed by atoms with Crippen molar-refractivity contribution in [3.63, 3.8) is 0 Å². The third-order valence-electron chi connectivity index (χ3n) is 5.84. The summed E-state index contributed by atoms with van der Waals surface area (Å²) in [5.41, 5.74) is 1.74. The molecule has 10 heteroatoms. The van der Waals surface area contributed by atoms with E-state index in [0.717, 1.165) is 56.2 Å². The van der Waals surface area contributed by atoms with Gasteiger partial charge in [0.2, 0.25) is 5.95 Å². The van der Waals surface area contributed by atoms with Gasteiger partial charge in [-0.25, -0.2) is 9.50 Å². The molecular weight excluding hydrogens is 370 g/mol. The normalized spacial score (nSPS) is 23.3. The van der Waals surface area contributed by atoms with Gasteiger partial charge >= 0.3 is 0 Å². The van der Waals surface area contributed by atoms with Gasteiger partial charge in [0.15, 0.2) is 5.82 Å². The van der Waals surface area contributed by atoms with Crippen LogP contribution in [0.15, 0.2) is 24.9 Å². The highest BCUT2D eigenvalue weighted by atomic mass is 16.5. The third-order valence-corrected chi connectivity index (χ3v) is 5.84. The summed E-state index contributed by atoms with van der Waals surface area (Å²) < 4.78 is 8.99. The number of aromatic nitrogens is 6. The van der Waals surface area contributed by atoms with E-state index in [0.29, 0.717) is 18.0 Å². The molecule has 1 aliphatic heterocycles. The fraction of sp³-hybridized carbons (Fsp3) is 0.579. The number of aryl methyl sites for hydroxylation is 1. The van der Waals surface area contributed by atoms with Gasteiger partial charge in [-0.05, 0) is 25.7 Å². The summed E-state index contributed by atoms with van der Waals surface area (Å²) in [6.07, 6.45) is 11.8. The predicted octanol–water partition coefficient (Wildman–Crippen LogP) is 1.66. The maximum Gasteiger partial charge on any atom is 0.247 e. The van der Waals surface area contributed by atoms with Gasteiger partial charge in [-0.1, -0.05) is 0 Å². The van der Waals surface area contributed by atoms with Crippen molar-refractivity contribution in [2.75, 3.05) is 36.9 Å². The smallest absolute Gasteiger partial charge is 0.247 e. The van der Waals surface area contributed by atoms with Crippen molar-refractivity contribution in [2.24, 2.45) is 7.05 Å². The van der Waals surface area contributed by atoms with E-state index in [1.54, 1.807) is 27.9 Å². The van der Waals surface area contributed by atoms with Gasteiger partial charge in [0.1, 0.15) is 11.8 Å². The second kappa shape index (κ2) is 7.96. The van der Waals surface area contributed by atoms with Gasteiger partial charge in [-0.3, -0.25) is 9.58 Å². The highest BCUT2D eigenvalue weighted by Crippen LogP contribution is 2.27. The quantitative estimate of drug-likeness (QED) is 0.671. The minimum absolute atomic E-state index is 0.409. The molecule has 0 amide bonds. The molecule has 0 bridgehead atoms. The fourth-order valence-corrected chi connectivity index (χ4v) is 4.32. The lowest BCUT2D eigenvalue weighted by molar-refractivity contribution is 0.00791. The number of imidazole rings is 1. The molecule has 3 aromatic rings. The standard InChI is InChI=1S/C19H27N9O/c1-26-12-15(10-21-26)23-19-24-18(17-11-20-13-28(17)25-19)22-14-2-4-16(5-3-14)27-6-8-29-9-7-27/h10-14,16H,2-9H2,1H3,(H2,22,23,24,25). The molecule has 29 heavy (non-hydrogen) atoms. The molecule has 1 saturated heterocycles. The molecule has 2 fully saturated rings. The summed E-state index contributed by atoms with van der Waals surface area (Å²) in [6.45, 7) is 3.86. The lowest BCUT2D eigenvalue weighted by atomic mass is 9.90. The van der Waals surface area contributed by atoms with Gasteiger partial charge in [-0.15, -0.1) is 5.10 Å². The molecule has 1 aliphatic carbocycles. The maximum absolute atomic E-state index is 5.49. The molecule has 4 heterocycles. The molecule has 154 valence electrons. The second-order valence-electron chi connectivity index (χ2n) is 7.83.